The van der Waals surface area contributed by atoms with E-state index in [9.17, 15) is 13.2 Å². The Balaban J connectivity index is 1.92. The predicted octanol–water partition coefficient (Wildman–Crippen LogP) is 4.34. The minimum absolute atomic E-state index is 0.0665. The van der Waals surface area contributed by atoms with Crippen molar-refractivity contribution in [3.05, 3.63) is 57.6 Å². The third-order valence-corrected chi connectivity index (χ3v) is 7.03. The van der Waals surface area contributed by atoms with Crippen molar-refractivity contribution in [3.8, 4) is 0 Å². The van der Waals surface area contributed by atoms with Gasteiger partial charge in [-0.05, 0) is 55.7 Å². The zero-order valence-electron chi connectivity index (χ0n) is 14.1. The monoisotopic (exact) mass is 412 g/mol. The van der Waals surface area contributed by atoms with Crippen LogP contribution in [0.5, 0.6) is 0 Å². The summed E-state index contributed by atoms with van der Waals surface area (Å²) in [6.07, 6.45) is 1.68. The Hall–Kier alpha value is -1.60. The van der Waals surface area contributed by atoms with Gasteiger partial charge in [-0.2, -0.15) is 4.31 Å². The first-order valence-electron chi connectivity index (χ1n) is 8.17. The fourth-order valence-corrected chi connectivity index (χ4v) is 4.77. The number of carbonyl (C=O) groups is 1. The largest absolute Gasteiger partial charge is 0.322 e. The molecule has 0 bridgehead atoms. The van der Waals surface area contributed by atoms with E-state index in [4.69, 9.17) is 23.2 Å². The number of rotatable bonds is 4. The molecule has 0 aromatic heterocycles. The lowest BCUT2D eigenvalue weighted by Gasteiger charge is -2.16. The third-order valence-electron chi connectivity index (χ3n) is 4.40. The number of halogens is 2. The summed E-state index contributed by atoms with van der Waals surface area (Å²) < 4.78 is 26.9. The summed E-state index contributed by atoms with van der Waals surface area (Å²) >= 11 is 12.2. The molecule has 0 saturated carbocycles. The van der Waals surface area contributed by atoms with E-state index in [-0.39, 0.29) is 15.5 Å². The highest BCUT2D eigenvalue weighted by molar-refractivity contribution is 7.89. The summed E-state index contributed by atoms with van der Waals surface area (Å²) in [5.41, 5.74) is 1.37. The number of carbonyl (C=O) groups excluding carboxylic acids is 1. The lowest BCUT2D eigenvalue weighted by Crippen LogP contribution is -2.28. The molecule has 1 amide bonds. The zero-order valence-corrected chi connectivity index (χ0v) is 16.5. The number of sulfonamides is 1. The summed E-state index contributed by atoms with van der Waals surface area (Å²) in [6, 6.07) is 9.36. The van der Waals surface area contributed by atoms with Crippen LogP contribution in [-0.4, -0.2) is 31.7 Å². The number of benzene rings is 2. The van der Waals surface area contributed by atoms with Gasteiger partial charge in [-0.3, -0.25) is 4.79 Å². The van der Waals surface area contributed by atoms with Crippen molar-refractivity contribution >= 4 is 44.8 Å². The molecule has 0 aliphatic carbocycles. The molecule has 1 heterocycles. The van der Waals surface area contributed by atoms with Crippen LogP contribution in [0.4, 0.5) is 5.69 Å². The van der Waals surface area contributed by atoms with Gasteiger partial charge in [-0.25, -0.2) is 8.42 Å². The standard InChI is InChI=1S/C18H18Cl2N2O3S/c1-12-15(19)5-4-6-17(12)21-18(23)14-11-13(7-8-16(14)20)26(24,25)22-9-2-3-10-22/h4-8,11H,2-3,9-10H2,1H3,(H,21,23). The number of hydrogen-bond acceptors (Lipinski definition) is 3. The van der Waals surface area contributed by atoms with Gasteiger partial charge in [0, 0.05) is 23.8 Å². The molecule has 5 nitrogen and oxygen atoms in total. The maximum atomic E-state index is 12.7. The van der Waals surface area contributed by atoms with E-state index >= 15 is 0 Å². The SMILES string of the molecule is Cc1c(Cl)cccc1NC(=O)c1cc(S(=O)(=O)N2CCCC2)ccc1Cl. The fraction of sp³-hybridized carbons (Fsp3) is 0.278. The van der Waals surface area contributed by atoms with E-state index in [0.29, 0.717) is 23.8 Å². The molecule has 2 aromatic rings. The molecule has 1 saturated heterocycles. The second kappa shape index (κ2) is 7.56. The highest BCUT2D eigenvalue weighted by Gasteiger charge is 2.28. The lowest BCUT2D eigenvalue weighted by atomic mass is 10.1. The summed E-state index contributed by atoms with van der Waals surface area (Å²) in [7, 11) is -3.63. The first kappa shape index (κ1) is 19.2. The average Bonchev–Trinajstić information content (AvgIpc) is 3.14. The maximum absolute atomic E-state index is 12.7. The zero-order chi connectivity index (χ0) is 18.9. The van der Waals surface area contributed by atoms with Crippen LogP contribution in [0, 0.1) is 6.92 Å². The minimum Gasteiger partial charge on any atom is -0.322 e. The quantitative estimate of drug-likeness (QED) is 0.811. The number of hydrogen-bond donors (Lipinski definition) is 1. The third kappa shape index (κ3) is 3.74. The molecule has 1 aliphatic rings. The summed E-state index contributed by atoms with van der Waals surface area (Å²) in [5.74, 6) is -0.487. The maximum Gasteiger partial charge on any atom is 0.257 e. The number of nitrogens with zero attached hydrogens (tertiary/aromatic N) is 1. The van der Waals surface area contributed by atoms with Crippen LogP contribution in [0.15, 0.2) is 41.3 Å². The summed E-state index contributed by atoms with van der Waals surface area (Å²) in [4.78, 5) is 12.7. The molecule has 2 aromatic carbocycles. The van der Waals surface area contributed by atoms with Crippen molar-refractivity contribution in [2.45, 2.75) is 24.7 Å². The van der Waals surface area contributed by atoms with Crippen LogP contribution < -0.4 is 5.32 Å². The predicted molar refractivity (Wildman–Crippen MR) is 104 cm³/mol. The highest BCUT2D eigenvalue weighted by atomic mass is 35.5. The van der Waals surface area contributed by atoms with Gasteiger partial charge in [-0.15, -0.1) is 0 Å². The molecule has 0 unspecified atom stereocenters. The number of nitrogens with one attached hydrogen (secondary N) is 1. The van der Waals surface area contributed by atoms with Crippen LogP contribution in [0.2, 0.25) is 10.0 Å². The first-order valence-corrected chi connectivity index (χ1v) is 10.4. The van der Waals surface area contributed by atoms with Crippen molar-refractivity contribution < 1.29 is 13.2 Å². The molecular weight excluding hydrogens is 395 g/mol. The van der Waals surface area contributed by atoms with Gasteiger partial charge in [0.15, 0.2) is 0 Å². The van der Waals surface area contributed by atoms with Crippen molar-refractivity contribution in [2.24, 2.45) is 0 Å². The first-order chi connectivity index (χ1) is 12.3. The molecule has 138 valence electrons. The van der Waals surface area contributed by atoms with Gasteiger partial charge in [-0.1, -0.05) is 29.3 Å². The van der Waals surface area contributed by atoms with Gasteiger partial charge >= 0.3 is 0 Å². The second-order valence-corrected chi connectivity index (χ2v) is 8.87. The molecule has 0 radical (unpaired) electrons. The summed E-state index contributed by atoms with van der Waals surface area (Å²) in [6.45, 7) is 2.77. The Bertz CT molecular complexity index is 955. The van der Waals surface area contributed by atoms with Crippen molar-refractivity contribution in [2.75, 3.05) is 18.4 Å². The van der Waals surface area contributed by atoms with E-state index in [0.717, 1.165) is 18.4 Å². The van der Waals surface area contributed by atoms with Gasteiger partial charge in [0.2, 0.25) is 10.0 Å². The van der Waals surface area contributed by atoms with Crippen LogP contribution in [0.3, 0.4) is 0 Å². The second-order valence-electron chi connectivity index (χ2n) is 6.12. The van der Waals surface area contributed by atoms with Crippen LogP contribution in [-0.2, 0) is 10.0 Å². The molecule has 26 heavy (non-hydrogen) atoms. The Morgan fingerprint density at radius 1 is 1.08 bits per heavy atom. The highest BCUT2D eigenvalue weighted by Crippen LogP contribution is 2.27. The molecule has 0 atom stereocenters. The van der Waals surface area contributed by atoms with Crippen LogP contribution in [0.25, 0.3) is 0 Å². The smallest absolute Gasteiger partial charge is 0.257 e. The van der Waals surface area contributed by atoms with Crippen LogP contribution >= 0.6 is 23.2 Å². The number of amides is 1. The summed E-state index contributed by atoms with van der Waals surface area (Å²) in [5, 5.41) is 3.45. The molecule has 1 aliphatic heterocycles. The molecular formula is C18H18Cl2N2O3S. The average molecular weight is 413 g/mol. The molecule has 1 fully saturated rings. The molecule has 3 rings (SSSR count). The topological polar surface area (TPSA) is 66.5 Å². The van der Waals surface area contributed by atoms with E-state index in [2.05, 4.69) is 5.32 Å². The molecule has 8 heteroatoms. The Morgan fingerprint density at radius 3 is 2.46 bits per heavy atom. The van der Waals surface area contributed by atoms with Gasteiger partial charge in [0.05, 0.1) is 15.5 Å². The van der Waals surface area contributed by atoms with Gasteiger partial charge in [0.25, 0.3) is 5.91 Å². The van der Waals surface area contributed by atoms with Crippen LogP contribution in [0.1, 0.15) is 28.8 Å². The Morgan fingerprint density at radius 2 is 1.77 bits per heavy atom. The minimum atomic E-state index is -3.63. The molecule has 1 N–H and O–H groups in total. The van der Waals surface area contributed by atoms with E-state index in [1.807, 2.05) is 0 Å². The Labute approximate surface area is 163 Å². The number of anilines is 1. The van der Waals surface area contributed by atoms with Gasteiger partial charge < -0.3 is 5.32 Å². The van der Waals surface area contributed by atoms with E-state index in [1.54, 1.807) is 25.1 Å². The van der Waals surface area contributed by atoms with E-state index in [1.165, 1.54) is 22.5 Å². The van der Waals surface area contributed by atoms with Crippen molar-refractivity contribution in [1.82, 2.24) is 4.31 Å². The van der Waals surface area contributed by atoms with Crippen molar-refractivity contribution in [3.63, 3.8) is 0 Å². The fourth-order valence-electron chi connectivity index (χ4n) is 2.85. The van der Waals surface area contributed by atoms with E-state index < -0.39 is 15.9 Å². The normalized spacial score (nSPS) is 15.2. The Kier molecular flexibility index (Phi) is 5.58. The van der Waals surface area contributed by atoms with Gasteiger partial charge in [0.1, 0.15) is 0 Å². The molecule has 0 spiro atoms. The van der Waals surface area contributed by atoms with Crippen molar-refractivity contribution in [1.29, 1.82) is 0 Å². The lowest BCUT2D eigenvalue weighted by molar-refractivity contribution is 0.102.